The lowest BCUT2D eigenvalue weighted by molar-refractivity contribution is 0.0998. The Labute approximate surface area is 114 Å². The summed E-state index contributed by atoms with van der Waals surface area (Å²) in [7, 11) is 0. The summed E-state index contributed by atoms with van der Waals surface area (Å²) in [6, 6.07) is 17.3. The van der Waals surface area contributed by atoms with Crippen molar-refractivity contribution in [2.45, 2.75) is 19.8 Å². The van der Waals surface area contributed by atoms with Crippen LogP contribution >= 0.6 is 0 Å². The van der Waals surface area contributed by atoms with Gasteiger partial charge in [0.15, 0.2) is 5.78 Å². The highest BCUT2D eigenvalue weighted by Gasteiger charge is 2.09. The van der Waals surface area contributed by atoms with Gasteiger partial charge in [-0.1, -0.05) is 68.1 Å². The number of carbonyl (C=O) groups is 1. The summed E-state index contributed by atoms with van der Waals surface area (Å²) >= 11 is 0. The molecule has 0 fully saturated rings. The molecule has 0 N–H and O–H groups in total. The zero-order chi connectivity index (χ0) is 13.7. The first kappa shape index (κ1) is 13.3. The largest absolute Gasteiger partial charge is 0.294 e. The van der Waals surface area contributed by atoms with Crippen LogP contribution in [0.25, 0.3) is 5.57 Å². The normalized spacial score (nSPS) is 10.2. The highest BCUT2D eigenvalue weighted by molar-refractivity contribution is 6.01. The van der Waals surface area contributed by atoms with Crippen LogP contribution < -0.4 is 0 Å². The van der Waals surface area contributed by atoms with Gasteiger partial charge in [0, 0.05) is 12.0 Å². The molecule has 0 aliphatic carbocycles. The predicted molar refractivity (Wildman–Crippen MR) is 78.9 cm³/mol. The molecule has 1 radical (unpaired) electrons. The van der Waals surface area contributed by atoms with Crippen LogP contribution in [0, 0.1) is 6.58 Å². The minimum Gasteiger partial charge on any atom is -0.294 e. The Morgan fingerprint density at radius 2 is 1.58 bits per heavy atom. The highest BCUT2D eigenvalue weighted by atomic mass is 16.1. The van der Waals surface area contributed by atoms with Crippen molar-refractivity contribution in [3.05, 3.63) is 77.9 Å². The molecule has 0 aliphatic rings. The second-order valence-electron chi connectivity index (χ2n) is 4.54. The van der Waals surface area contributed by atoms with Gasteiger partial charge in [0.1, 0.15) is 0 Å². The van der Waals surface area contributed by atoms with Crippen molar-refractivity contribution in [1.29, 1.82) is 0 Å². The van der Waals surface area contributed by atoms with Gasteiger partial charge in [-0.15, -0.1) is 0 Å². The first-order valence-electron chi connectivity index (χ1n) is 6.49. The predicted octanol–water partition coefficient (Wildman–Crippen LogP) is 4.34. The van der Waals surface area contributed by atoms with Crippen LogP contribution in [0.1, 0.15) is 34.8 Å². The number of hydrogen-bond acceptors (Lipinski definition) is 1. The monoisotopic (exact) mass is 249 g/mol. The molecule has 0 heterocycles. The minimum absolute atomic E-state index is 0.0593. The van der Waals surface area contributed by atoms with Crippen molar-refractivity contribution >= 4 is 11.4 Å². The Morgan fingerprint density at radius 3 is 2.16 bits per heavy atom. The van der Waals surface area contributed by atoms with Gasteiger partial charge in [-0.05, 0) is 23.1 Å². The van der Waals surface area contributed by atoms with Crippen LogP contribution in [-0.2, 0) is 6.42 Å². The number of hydrogen-bond donors (Lipinski definition) is 0. The molecule has 0 bridgehead atoms. The molecule has 1 nitrogen and oxygen atoms in total. The van der Waals surface area contributed by atoms with Gasteiger partial charge in [-0.2, -0.15) is 0 Å². The van der Waals surface area contributed by atoms with Gasteiger partial charge in [-0.25, -0.2) is 0 Å². The number of allylic oxidation sites excluding steroid dienone is 1. The van der Waals surface area contributed by atoms with Crippen molar-refractivity contribution in [2.75, 3.05) is 0 Å². The van der Waals surface area contributed by atoms with E-state index in [1.54, 1.807) is 0 Å². The summed E-state index contributed by atoms with van der Waals surface area (Å²) in [6.45, 7) is 8.08. The number of carbonyl (C=O) groups excluding carboxylic acids is 1. The smallest absolute Gasteiger partial charge is 0.167 e. The van der Waals surface area contributed by atoms with Gasteiger partial charge >= 0.3 is 0 Å². The molecule has 2 rings (SSSR count). The van der Waals surface area contributed by atoms with Crippen LogP contribution in [0.5, 0.6) is 0 Å². The van der Waals surface area contributed by atoms with Crippen LogP contribution in [0.4, 0.5) is 0 Å². The summed E-state index contributed by atoms with van der Waals surface area (Å²) in [4.78, 5) is 12.1. The summed E-state index contributed by atoms with van der Waals surface area (Å²) in [6.07, 6.45) is 1.24. The van der Waals surface area contributed by atoms with E-state index in [0.717, 1.165) is 17.5 Å². The van der Waals surface area contributed by atoms with Gasteiger partial charge in [-0.3, -0.25) is 4.79 Å². The molecule has 2 aromatic carbocycles. The van der Waals surface area contributed by atoms with E-state index in [4.69, 9.17) is 6.58 Å². The Bertz CT molecular complexity index is 564. The van der Waals surface area contributed by atoms with Crippen LogP contribution in [-0.4, -0.2) is 5.78 Å². The first-order chi connectivity index (χ1) is 9.20. The summed E-state index contributed by atoms with van der Waals surface area (Å²) in [5.74, 6) is 0.0593. The average molecular weight is 249 g/mol. The van der Waals surface area contributed by atoms with Crippen LogP contribution in [0.15, 0.2) is 54.6 Å². The third kappa shape index (κ3) is 3.41. The van der Waals surface area contributed by atoms with Crippen LogP contribution in [0.2, 0.25) is 0 Å². The molecule has 0 saturated carbocycles. The van der Waals surface area contributed by atoms with E-state index in [2.05, 4.69) is 6.92 Å². The summed E-state index contributed by atoms with van der Waals surface area (Å²) in [5, 5.41) is 0. The lowest BCUT2D eigenvalue weighted by Gasteiger charge is -2.06. The third-order valence-electron chi connectivity index (χ3n) is 3.18. The molecule has 0 amide bonds. The standard InChI is InChI=1S/C18H17O/c1-3-15-9-11-17(12-10-15)18(19)13-14(2)16-7-5-4-6-8-16/h2,4-12H,3,13H2,1H3. The molecule has 2 aromatic rings. The minimum atomic E-state index is 0.0593. The molecule has 0 saturated heterocycles. The maximum atomic E-state index is 12.1. The van der Waals surface area contributed by atoms with E-state index in [1.165, 1.54) is 5.56 Å². The van der Waals surface area contributed by atoms with Crippen molar-refractivity contribution in [3.63, 3.8) is 0 Å². The Balaban J connectivity index is 2.06. The summed E-state index contributed by atoms with van der Waals surface area (Å²) in [5.41, 5.74) is 3.49. The number of benzene rings is 2. The van der Waals surface area contributed by atoms with E-state index >= 15 is 0 Å². The molecule has 95 valence electrons. The quantitative estimate of drug-likeness (QED) is 0.720. The number of Topliss-reactive ketones (excluding diaryl/α,β-unsaturated/α-hetero) is 1. The topological polar surface area (TPSA) is 17.1 Å². The SMILES string of the molecule is [CH]=C(CC(=O)c1ccc(CC)cc1)c1ccccc1. The lowest BCUT2D eigenvalue weighted by atomic mass is 9.98. The molecule has 0 spiro atoms. The van der Waals surface area contributed by atoms with Crippen molar-refractivity contribution in [1.82, 2.24) is 0 Å². The number of aryl methyl sites for hydroxylation is 1. The maximum absolute atomic E-state index is 12.1. The van der Waals surface area contributed by atoms with Crippen molar-refractivity contribution in [2.24, 2.45) is 0 Å². The van der Waals surface area contributed by atoms with Gasteiger partial charge in [0.05, 0.1) is 0 Å². The number of ketones is 1. The second kappa shape index (κ2) is 6.14. The fourth-order valence-electron chi connectivity index (χ4n) is 1.96. The average Bonchev–Trinajstić information content (AvgIpc) is 2.48. The van der Waals surface area contributed by atoms with Crippen molar-refractivity contribution < 1.29 is 4.79 Å². The molecule has 0 aromatic heterocycles. The fraction of sp³-hybridized carbons (Fsp3) is 0.167. The Morgan fingerprint density at radius 1 is 0.947 bits per heavy atom. The molecule has 1 heteroatoms. The van der Waals surface area contributed by atoms with E-state index in [-0.39, 0.29) is 12.2 Å². The molecular formula is C18H17O. The maximum Gasteiger partial charge on any atom is 0.167 e. The zero-order valence-electron chi connectivity index (χ0n) is 11.1. The zero-order valence-corrected chi connectivity index (χ0v) is 11.1. The van der Waals surface area contributed by atoms with E-state index in [1.807, 2.05) is 54.6 Å². The molecular weight excluding hydrogens is 232 g/mol. The van der Waals surface area contributed by atoms with E-state index in [9.17, 15) is 4.79 Å². The first-order valence-corrected chi connectivity index (χ1v) is 6.49. The van der Waals surface area contributed by atoms with E-state index < -0.39 is 0 Å². The van der Waals surface area contributed by atoms with Gasteiger partial charge < -0.3 is 0 Å². The molecule has 0 aliphatic heterocycles. The van der Waals surface area contributed by atoms with Gasteiger partial charge in [0.2, 0.25) is 0 Å². The Hall–Kier alpha value is -2.15. The number of rotatable bonds is 5. The lowest BCUT2D eigenvalue weighted by Crippen LogP contribution is -2.00. The molecule has 0 unspecified atom stereocenters. The summed E-state index contributed by atoms with van der Waals surface area (Å²) < 4.78 is 0. The van der Waals surface area contributed by atoms with Crippen LogP contribution in [0.3, 0.4) is 0 Å². The highest BCUT2D eigenvalue weighted by Crippen LogP contribution is 2.18. The second-order valence-corrected chi connectivity index (χ2v) is 4.54. The fourth-order valence-corrected chi connectivity index (χ4v) is 1.96. The van der Waals surface area contributed by atoms with Gasteiger partial charge in [0.25, 0.3) is 0 Å². The van der Waals surface area contributed by atoms with E-state index in [0.29, 0.717) is 5.57 Å². The Kier molecular flexibility index (Phi) is 4.30. The van der Waals surface area contributed by atoms with Crippen molar-refractivity contribution in [3.8, 4) is 0 Å². The third-order valence-corrected chi connectivity index (χ3v) is 3.18. The molecule has 0 atom stereocenters. The molecule has 19 heavy (non-hydrogen) atoms.